The maximum absolute atomic E-state index is 13.5. The highest BCUT2D eigenvalue weighted by Gasteiger charge is 2.19. The quantitative estimate of drug-likeness (QED) is 0.616. The molecule has 0 spiro atoms. The summed E-state index contributed by atoms with van der Waals surface area (Å²) in [4.78, 5) is 0. The van der Waals surface area contributed by atoms with Gasteiger partial charge in [0.2, 0.25) is 0 Å². The van der Waals surface area contributed by atoms with Crippen LogP contribution in [0.3, 0.4) is 0 Å². The van der Waals surface area contributed by atoms with Crippen LogP contribution in [-0.4, -0.2) is 19.3 Å². The first-order chi connectivity index (χ1) is 7.60. The van der Waals surface area contributed by atoms with Gasteiger partial charge in [0.25, 0.3) is 0 Å². The normalized spacial score (nSPS) is 14.8. The second-order valence-electron chi connectivity index (χ2n) is 3.62. The number of nitrogens with one attached hydrogen (secondary N) is 1. The van der Waals surface area contributed by atoms with Crippen LogP contribution in [0.1, 0.15) is 12.5 Å². The van der Waals surface area contributed by atoms with Gasteiger partial charge in [-0.1, -0.05) is 17.7 Å². The summed E-state index contributed by atoms with van der Waals surface area (Å²) in [6, 6.07) is 4.43. The standard InChI is InChI=1S/C11H16ClFN2O/c1-7(16-2)11(15-14)6-8-9(12)4-3-5-10(8)13/h3-5,7,11,15H,6,14H2,1-2H3. The molecule has 0 saturated carbocycles. The SMILES string of the molecule is COC(C)C(Cc1c(F)cccc1Cl)NN. The lowest BCUT2D eigenvalue weighted by molar-refractivity contribution is 0.0829. The number of rotatable bonds is 5. The van der Waals surface area contributed by atoms with E-state index >= 15 is 0 Å². The van der Waals surface area contributed by atoms with E-state index in [1.54, 1.807) is 19.2 Å². The fourth-order valence-corrected chi connectivity index (χ4v) is 1.71. The van der Waals surface area contributed by atoms with Gasteiger partial charge in [-0.2, -0.15) is 0 Å². The van der Waals surface area contributed by atoms with Gasteiger partial charge in [-0.05, 0) is 25.5 Å². The highest BCUT2D eigenvalue weighted by molar-refractivity contribution is 6.31. The molecule has 0 aliphatic carbocycles. The molecule has 3 nitrogen and oxygen atoms in total. The minimum absolute atomic E-state index is 0.124. The van der Waals surface area contributed by atoms with E-state index in [2.05, 4.69) is 5.43 Å². The van der Waals surface area contributed by atoms with Gasteiger partial charge < -0.3 is 4.74 Å². The minimum atomic E-state index is -0.323. The van der Waals surface area contributed by atoms with Crippen LogP contribution >= 0.6 is 11.6 Å². The largest absolute Gasteiger partial charge is 0.380 e. The summed E-state index contributed by atoms with van der Waals surface area (Å²) in [5, 5.41) is 0.406. The zero-order chi connectivity index (χ0) is 12.1. The Morgan fingerprint density at radius 3 is 2.75 bits per heavy atom. The molecule has 0 aromatic heterocycles. The molecule has 0 amide bonds. The highest BCUT2D eigenvalue weighted by atomic mass is 35.5. The molecular formula is C11H16ClFN2O. The van der Waals surface area contributed by atoms with Crippen LogP contribution in [0.5, 0.6) is 0 Å². The Morgan fingerprint density at radius 2 is 2.25 bits per heavy atom. The third kappa shape index (κ3) is 3.15. The van der Waals surface area contributed by atoms with Crippen molar-refractivity contribution in [1.82, 2.24) is 5.43 Å². The summed E-state index contributed by atoms with van der Waals surface area (Å²) in [7, 11) is 1.58. The van der Waals surface area contributed by atoms with Gasteiger partial charge in [0.15, 0.2) is 0 Å². The van der Waals surface area contributed by atoms with Crippen LogP contribution in [0, 0.1) is 5.82 Å². The molecule has 1 rings (SSSR count). The summed E-state index contributed by atoms with van der Waals surface area (Å²) in [6.07, 6.45) is 0.262. The Kier molecular flexibility index (Phi) is 5.15. The molecule has 2 unspecified atom stereocenters. The lowest BCUT2D eigenvalue weighted by Crippen LogP contribution is -2.45. The molecule has 0 fully saturated rings. The summed E-state index contributed by atoms with van der Waals surface area (Å²) in [5.41, 5.74) is 3.06. The van der Waals surface area contributed by atoms with E-state index in [0.717, 1.165) is 0 Å². The molecule has 5 heteroatoms. The lowest BCUT2D eigenvalue weighted by Gasteiger charge is -2.22. The van der Waals surface area contributed by atoms with Crippen molar-refractivity contribution in [3.8, 4) is 0 Å². The molecule has 1 aromatic rings. The Balaban J connectivity index is 2.85. The fourth-order valence-electron chi connectivity index (χ4n) is 1.47. The molecule has 2 atom stereocenters. The molecule has 0 bridgehead atoms. The van der Waals surface area contributed by atoms with E-state index in [9.17, 15) is 4.39 Å². The number of nitrogens with two attached hydrogens (primary N) is 1. The predicted molar refractivity (Wildman–Crippen MR) is 62.7 cm³/mol. The number of halogens is 2. The van der Waals surface area contributed by atoms with E-state index in [0.29, 0.717) is 17.0 Å². The van der Waals surface area contributed by atoms with Crippen LogP contribution in [-0.2, 0) is 11.2 Å². The Labute approximate surface area is 99.7 Å². The van der Waals surface area contributed by atoms with Gasteiger partial charge in [-0.25, -0.2) is 4.39 Å². The maximum Gasteiger partial charge on any atom is 0.127 e. The Morgan fingerprint density at radius 1 is 1.56 bits per heavy atom. The van der Waals surface area contributed by atoms with Crippen molar-refractivity contribution in [2.45, 2.75) is 25.5 Å². The van der Waals surface area contributed by atoms with E-state index in [1.807, 2.05) is 6.92 Å². The monoisotopic (exact) mass is 246 g/mol. The molecule has 0 heterocycles. The van der Waals surface area contributed by atoms with Crippen molar-refractivity contribution in [3.05, 3.63) is 34.6 Å². The fraction of sp³-hybridized carbons (Fsp3) is 0.455. The third-order valence-corrected chi connectivity index (χ3v) is 2.99. The zero-order valence-electron chi connectivity index (χ0n) is 9.34. The smallest absolute Gasteiger partial charge is 0.127 e. The number of hydrazine groups is 1. The van der Waals surface area contributed by atoms with E-state index in [4.69, 9.17) is 22.2 Å². The highest BCUT2D eigenvalue weighted by Crippen LogP contribution is 2.21. The molecular weight excluding hydrogens is 231 g/mol. The van der Waals surface area contributed by atoms with E-state index < -0.39 is 0 Å². The van der Waals surface area contributed by atoms with E-state index in [-0.39, 0.29) is 18.0 Å². The topological polar surface area (TPSA) is 47.3 Å². The zero-order valence-corrected chi connectivity index (χ0v) is 10.1. The van der Waals surface area contributed by atoms with Crippen LogP contribution in [0.15, 0.2) is 18.2 Å². The van der Waals surface area contributed by atoms with Crippen molar-refractivity contribution < 1.29 is 9.13 Å². The van der Waals surface area contributed by atoms with Gasteiger partial charge in [-0.3, -0.25) is 11.3 Å². The first kappa shape index (κ1) is 13.4. The minimum Gasteiger partial charge on any atom is -0.380 e. The number of ether oxygens (including phenoxy) is 1. The summed E-state index contributed by atoms with van der Waals surface area (Å²) < 4.78 is 18.7. The third-order valence-electron chi connectivity index (χ3n) is 2.64. The van der Waals surface area contributed by atoms with Gasteiger partial charge in [0.1, 0.15) is 5.82 Å². The van der Waals surface area contributed by atoms with Gasteiger partial charge in [0, 0.05) is 17.7 Å². The second-order valence-corrected chi connectivity index (χ2v) is 4.03. The molecule has 0 saturated heterocycles. The number of methoxy groups -OCH3 is 1. The first-order valence-electron chi connectivity index (χ1n) is 5.02. The molecule has 3 N–H and O–H groups in total. The lowest BCUT2D eigenvalue weighted by atomic mass is 10.0. The van der Waals surface area contributed by atoms with Crippen molar-refractivity contribution in [3.63, 3.8) is 0 Å². The van der Waals surface area contributed by atoms with Crippen molar-refractivity contribution in [1.29, 1.82) is 0 Å². The average Bonchev–Trinajstić information content (AvgIpc) is 2.28. The average molecular weight is 247 g/mol. The van der Waals surface area contributed by atoms with Gasteiger partial charge in [-0.15, -0.1) is 0 Å². The molecule has 1 aromatic carbocycles. The molecule has 16 heavy (non-hydrogen) atoms. The second kappa shape index (κ2) is 6.15. The van der Waals surface area contributed by atoms with Crippen molar-refractivity contribution >= 4 is 11.6 Å². The maximum atomic E-state index is 13.5. The molecule has 0 aliphatic heterocycles. The molecule has 0 radical (unpaired) electrons. The van der Waals surface area contributed by atoms with Crippen LogP contribution in [0.2, 0.25) is 5.02 Å². The van der Waals surface area contributed by atoms with Crippen molar-refractivity contribution in [2.24, 2.45) is 5.84 Å². The first-order valence-corrected chi connectivity index (χ1v) is 5.39. The number of benzene rings is 1. The number of hydrogen-bond donors (Lipinski definition) is 2. The van der Waals surface area contributed by atoms with Crippen LogP contribution in [0.4, 0.5) is 4.39 Å². The van der Waals surface area contributed by atoms with E-state index in [1.165, 1.54) is 6.07 Å². The summed E-state index contributed by atoms with van der Waals surface area (Å²) in [6.45, 7) is 1.86. The van der Waals surface area contributed by atoms with Crippen molar-refractivity contribution in [2.75, 3.05) is 7.11 Å². The van der Waals surface area contributed by atoms with Gasteiger partial charge in [0.05, 0.1) is 12.1 Å². The van der Waals surface area contributed by atoms with Crippen LogP contribution < -0.4 is 11.3 Å². The summed E-state index contributed by atoms with van der Waals surface area (Å²) in [5.74, 6) is 5.08. The van der Waals surface area contributed by atoms with Gasteiger partial charge >= 0.3 is 0 Å². The Hall–Kier alpha value is -0.680. The number of hydrogen-bond acceptors (Lipinski definition) is 3. The Bertz CT molecular complexity index is 329. The molecule has 0 aliphatic rings. The summed E-state index contributed by atoms with van der Waals surface area (Å²) >= 11 is 5.93. The molecule has 90 valence electrons. The van der Waals surface area contributed by atoms with Crippen LogP contribution in [0.25, 0.3) is 0 Å². The predicted octanol–water partition coefficient (Wildman–Crippen LogP) is 1.89.